The molecule has 33 heavy (non-hydrogen) atoms. The number of carbonyl (C=O) groups excluding carboxylic acids is 2. The van der Waals surface area contributed by atoms with Gasteiger partial charge in [0.05, 0.1) is 12.8 Å². The second kappa shape index (κ2) is 11.9. The van der Waals surface area contributed by atoms with Crippen molar-refractivity contribution in [2.75, 3.05) is 11.9 Å². The average Bonchev–Trinajstić information content (AvgIpc) is 2.78. The number of hydrogen-bond acceptors (Lipinski definition) is 5. The molecule has 0 radical (unpaired) electrons. The van der Waals surface area contributed by atoms with E-state index in [-0.39, 0.29) is 0 Å². The van der Waals surface area contributed by atoms with Gasteiger partial charge in [-0.3, -0.25) is 9.59 Å². The highest BCUT2D eigenvalue weighted by Crippen LogP contribution is 2.29. The van der Waals surface area contributed by atoms with E-state index in [2.05, 4.69) is 15.8 Å². The predicted molar refractivity (Wildman–Crippen MR) is 129 cm³/mol. The first kappa shape index (κ1) is 24.1. The maximum atomic E-state index is 12.0. The van der Waals surface area contributed by atoms with Gasteiger partial charge in [-0.05, 0) is 54.4 Å². The highest BCUT2D eigenvalue weighted by molar-refractivity contribution is 6.40. The Kier molecular flexibility index (Phi) is 8.69. The molecule has 7 nitrogen and oxygen atoms in total. The summed E-state index contributed by atoms with van der Waals surface area (Å²) in [7, 11) is 0. The van der Waals surface area contributed by atoms with Crippen LogP contribution in [0.25, 0.3) is 0 Å². The van der Waals surface area contributed by atoms with Crippen molar-refractivity contribution in [3.63, 3.8) is 0 Å². The highest BCUT2D eigenvalue weighted by atomic mass is 35.5. The number of amides is 2. The number of nitrogens with one attached hydrogen (secondary N) is 2. The molecule has 0 bridgehead atoms. The minimum atomic E-state index is -0.949. The van der Waals surface area contributed by atoms with E-state index >= 15 is 0 Å². The van der Waals surface area contributed by atoms with Gasteiger partial charge in [0.1, 0.15) is 6.61 Å². The van der Waals surface area contributed by atoms with Crippen molar-refractivity contribution in [1.82, 2.24) is 5.43 Å². The molecule has 3 aromatic carbocycles. The fraction of sp³-hybridized carbons (Fsp3) is 0.125. The molecule has 0 aliphatic carbocycles. The second-order valence-corrected chi connectivity index (χ2v) is 7.60. The van der Waals surface area contributed by atoms with Crippen molar-refractivity contribution in [2.24, 2.45) is 5.10 Å². The molecule has 2 N–H and O–H groups in total. The molecular formula is C24H21Cl2N3O4. The van der Waals surface area contributed by atoms with Crippen LogP contribution in [0.15, 0.2) is 71.8 Å². The van der Waals surface area contributed by atoms with Gasteiger partial charge >= 0.3 is 11.8 Å². The first-order valence-corrected chi connectivity index (χ1v) is 10.7. The molecule has 0 saturated carbocycles. The number of anilines is 1. The minimum absolute atomic E-state index is 0.295. The van der Waals surface area contributed by atoms with Crippen LogP contribution in [0.5, 0.6) is 11.5 Å². The fourth-order valence-electron chi connectivity index (χ4n) is 2.76. The van der Waals surface area contributed by atoms with Crippen LogP contribution in [-0.2, 0) is 16.2 Å². The Morgan fingerprint density at radius 3 is 2.33 bits per heavy atom. The Morgan fingerprint density at radius 2 is 1.64 bits per heavy atom. The van der Waals surface area contributed by atoms with E-state index in [1.807, 2.05) is 37.3 Å². The Balaban J connectivity index is 1.59. The third-order valence-electron chi connectivity index (χ3n) is 4.21. The van der Waals surface area contributed by atoms with Gasteiger partial charge in [-0.1, -0.05) is 53.5 Å². The SMILES string of the molecule is CCOc1cc(/C=N/NC(=O)C(=O)Nc2cc(Cl)cc(Cl)c2)ccc1OCc1ccccc1. The van der Waals surface area contributed by atoms with Crippen molar-refractivity contribution in [1.29, 1.82) is 0 Å². The van der Waals surface area contributed by atoms with Crippen molar-refractivity contribution < 1.29 is 19.1 Å². The van der Waals surface area contributed by atoms with Crippen molar-refractivity contribution >= 4 is 46.9 Å². The van der Waals surface area contributed by atoms with E-state index < -0.39 is 11.8 Å². The monoisotopic (exact) mass is 485 g/mol. The molecule has 0 saturated heterocycles. The normalized spacial score (nSPS) is 10.6. The molecule has 0 aromatic heterocycles. The summed E-state index contributed by atoms with van der Waals surface area (Å²) >= 11 is 11.8. The molecule has 0 spiro atoms. The van der Waals surface area contributed by atoms with Crippen LogP contribution >= 0.6 is 23.2 Å². The number of ether oxygens (including phenoxy) is 2. The third kappa shape index (κ3) is 7.52. The van der Waals surface area contributed by atoms with E-state index in [1.54, 1.807) is 18.2 Å². The molecule has 0 aliphatic heterocycles. The average molecular weight is 486 g/mol. The van der Waals surface area contributed by atoms with Gasteiger partial charge in [0.25, 0.3) is 0 Å². The van der Waals surface area contributed by atoms with E-state index in [0.29, 0.717) is 46.0 Å². The van der Waals surface area contributed by atoms with Crippen LogP contribution < -0.4 is 20.2 Å². The van der Waals surface area contributed by atoms with Gasteiger partial charge in [-0.25, -0.2) is 5.43 Å². The summed E-state index contributed by atoms with van der Waals surface area (Å²) in [6.07, 6.45) is 1.39. The second-order valence-electron chi connectivity index (χ2n) is 6.72. The summed E-state index contributed by atoms with van der Waals surface area (Å²) in [6, 6.07) is 19.5. The lowest BCUT2D eigenvalue weighted by Crippen LogP contribution is -2.32. The number of carbonyl (C=O) groups is 2. The molecule has 3 rings (SSSR count). The van der Waals surface area contributed by atoms with E-state index in [9.17, 15) is 9.59 Å². The minimum Gasteiger partial charge on any atom is -0.490 e. The maximum Gasteiger partial charge on any atom is 0.329 e. The van der Waals surface area contributed by atoms with Crippen molar-refractivity contribution in [3.8, 4) is 11.5 Å². The fourth-order valence-corrected chi connectivity index (χ4v) is 3.28. The number of hydrazone groups is 1. The standard InChI is InChI=1S/C24H21Cl2N3O4/c1-2-32-22-10-17(8-9-21(22)33-15-16-6-4-3-5-7-16)14-27-29-24(31)23(30)28-20-12-18(25)11-19(26)13-20/h3-14H,2,15H2,1H3,(H,28,30)(H,29,31)/b27-14+. The maximum absolute atomic E-state index is 12.0. The number of halogens is 2. The van der Waals surface area contributed by atoms with Crippen LogP contribution in [0.1, 0.15) is 18.1 Å². The van der Waals surface area contributed by atoms with Gasteiger partial charge < -0.3 is 14.8 Å². The van der Waals surface area contributed by atoms with Crippen LogP contribution in [0, 0.1) is 0 Å². The number of rotatable bonds is 8. The molecule has 0 fully saturated rings. The van der Waals surface area contributed by atoms with Crippen molar-refractivity contribution in [2.45, 2.75) is 13.5 Å². The summed E-state index contributed by atoms with van der Waals surface area (Å²) in [5, 5.41) is 6.89. The number of nitrogens with zero attached hydrogens (tertiary/aromatic N) is 1. The number of hydrogen-bond donors (Lipinski definition) is 2. The first-order valence-electron chi connectivity index (χ1n) is 9.98. The molecule has 0 heterocycles. The lowest BCUT2D eigenvalue weighted by Gasteiger charge is -2.12. The zero-order chi connectivity index (χ0) is 23.6. The first-order chi connectivity index (χ1) is 15.9. The smallest absolute Gasteiger partial charge is 0.329 e. The predicted octanol–water partition coefficient (Wildman–Crippen LogP) is 5.06. The third-order valence-corrected chi connectivity index (χ3v) is 4.65. The Morgan fingerprint density at radius 1 is 0.909 bits per heavy atom. The number of benzene rings is 3. The van der Waals surface area contributed by atoms with E-state index in [1.165, 1.54) is 24.4 Å². The van der Waals surface area contributed by atoms with Gasteiger partial charge in [0, 0.05) is 15.7 Å². The highest BCUT2D eigenvalue weighted by Gasteiger charge is 2.13. The van der Waals surface area contributed by atoms with Crippen molar-refractivity contribution in [3.05, 3.63) is 87.9 Å². The van der Waals surface area contributed by atoms with Gasteiger partial charge in [0.2, 0.25) is 0 Å². The molecule has 170 valence electrons. The molecule has 9 heteroatoms. The largest absolute Gasteiger partial charge is 0.490 e. The molecule has 2 amide bonds. The van der Waals surface area contributed by atoms with Crippen LogP contribution in [0.4, 0.5) is 5.69 Å². The van der Waals surface area contributed by atoms with Crippen LogP contribution in [0.3, 0.4) is 0 Å². The molecule has 0 atom stereocenters. The molecular weight excluding hydrogens is 465 g/mol. The molecule has 3 aromatic rings. The summed E-state index contributed by atoms with van der Waals surface area (Å²) in [4.78, 5) is 24.0. The van der Waals surface area contributed by atoms with Gasteiger partial charge in [0.15, 0.2) is 11.5 Å². The Hall–Kier alpha value is -3.55. The Labute approximate surface area is 201 Å². The van der Waals surface area contributed by atoms with E-state index in [4.69, 9.17) is 32.7 Å². The van der Waals surface area contributed by atoms with E-state index in [0.717, 1.165) is 5.56 Å². The van der Waals surface area contributed by atoms with Gasteiger partial charge in [-0.2, -0.15) is 5.10 Å². The lowest BCUT2D eigenvalue weighted by atomic mass is 10.2. The molecule has 0 aliphatic rings. The lowest BCUT2D eigenvalue weighted by molar-refractivity contribution is -0.136. The van der Waals surface area contributed by atoms with Gasteiger partial charge in [-0.15, -0.1) is 0 Å². The quantitative estimate of drug-likeness (QED) is 0.265. The topological polar surface area (TPSA) is 89.0 Å². The summed E-state index contributed by atoms with van der Waals surface area (Å²) < 4.78 is 11.5. The summed E-state index contributed by atoms with van der Waals surface area (Å²) in [5.74, 6) is -0.735. The zero-order valence-corrected chi connectivity index (χ0v) is 19.2. The summed E-state index contributed by atoms with van der Waals surface area (Å²) in [6.45, 7) is 2.72. The molecule has 0 unspecified atom stereocenters. The van der Waals surface area contributed by atoms with Crippen LogP contribution in [-0.4, -0.2) is 24.6 Å². The summed E-state index contributed by atoms with van der Waals surface area (Å²) in [5.41, 5.74) is 4.15. The Bertz CT molecular complexity index is 1130. The zero-order valence-electron chi connectivity index (χ0n) is 17.7. The van der Waals surface area contributed by atoms with Crippen LogP contribution in [0.2, 0.25) is 10.0 Å².